The minimum Gasteiger partial charge on any atom is -0.459 e. The van der Waals surface area contributed by atoms with Crippen molar-refractivity contribution < 1.29 is 33.3 Å². The van der Waals surface area contributed by atoms with E-state index in [4.69, 9.17) is 36.9 Å². The number of rotatable bonds is 8. The summed E-state index contributed by atoms with van der Waals surface area (Å²) in [6, 6.07) is 25.0. The molecule has 0 bridgehead atoms. The fourth-order valence-corrected chi connectivity index (χ4v) is 5.07. The number of hydrogen-bond acceptors (Lipinski definition) is 11. The Morgan fingerprint density at radius 3 is 1.91 bits per heavy atom. The number of aromatic nitrogens is 4. The zero-order valence-corrected chi connectivity index (χ0v) is 23.8. The van der Waals surface area contributed by atoms with Crippen LogP contribution >= 0.6 is 12.2 Å². The number of hydrogen-bond donors (Lipinski definition) is 2. The standard InChI is InChI=1S/C31H25N5O7S/c32-31-34-25-22(26(44)35-31)33-17-36(25)27-24(43-30(39)20-14-8-3-9-15-20)23(42-29(38)19-12-6-2-7-13-19)21(41-27)16-40-28(37)18-10-4-1-5-11-18/h1-15,17,21,23-24,27H,16H2,(H3,32,34,35,44)/t21-,23-,24+,27-/m1/s1. The molecule has 0 unspecified atom stereocenters. The van der Waals surface area contributed by atoms with Crippen LogP contribution in [0.1, 0.15) is 37.3 Å². The second-order valence-corrected chi connectivity index (χ2v) is 10.2. The van der Waals surface area contributed by atoms with Crippen LogP contribution in [0.25, 0.3) is 11.2 Å². The van der Waals surface area contributed by atoms with Crippen molar-refractivity contribution in [2.45, 2.75) is 24.5 Å². The minimum absolute atomic E-state index is 0.0282. The van der Waals surface area contributed by atoms with Crippen molar-refractivity contribution in [2.75, 3.05) is 12.3 Å². The molecular weight excluding hydrogens is 586 g/mol. The van der Waals surface area contributed by atoms with Crippen LogP contribution < -0.4 is 5.73 Å². The van der Waals surface area contributed by atoms with Crippen molar-refractivity contribution >= 4 is 47.2 Å². The molecule has 2 aromatic heterocycles. The lowest BCUT2D eigenvalue weighted by molar-refractivity contribution is -0.0606. The quantitative estimate of drug-likeness (QED) is 0.146. The molecule has 5 aromatic rings. The molecular formula is C31H25N5O7S. The second-order valence-electron chi connectivity index (χ2n) is 9.78. The zero-order valence-electron chi connectivity index (χ0n) is 22.9. The number of nitrogens with zero attached hydrogens (tertiary/aromatic N) is 3. The molecule has 0 spiro atoms. The van der Waals surface area contributed by atoms with Gasteiger partial charge in [-0.25, -0.2) is 24.4 Å². The predicted molar refractivity (Wildman–Crippen MR) is 159 cm³/mol. The number of fused-ring (bicyclic) bond motifs is 1. The van der Waals surface area contributed by atoms with Gasteiger partial charge >= 0.3 is 17.9 Å². The maximum Gasteiger partial charge on any atom is 0.338 e. The number of anilines is 1. The maximum absolute atomic E-state index is 13.4. The Labute approximate surface area is 255 Å². The molecule has 13 heteroatoms. The van der Waals surface area contributed by atoms with Crippen LogP contribution in [-0.4, -0.2) is 62.3 Å². The van der Waals surface area contributed by atoms with E-state index in [0.717, 1.165) is 0 Å². The number of nitrogen functional groups attached to an aromatic ring is 1. The molecule has 1 aliphatic rings. The summed E-state index contributed by atoms with van der Waals surface area (Å²) in [5.74, 6) is -1.96. The summed E-state index contributed by atoms with van der Waals surface area (Å²) in [4.78, 5) is 50.8. The summed E-state index contributed by atoms with van der Waals surface area (Å²) in [7, 11) is 0. The molecule has 3 N–H and O–H groups in total. The van der Waals surface area contributed by atoms with Crippen LogP contribution in [0.3, 0.4) is 0 Å². The van der Waals surface area contributed by atoms with Gasteiger partial charge in [0, 0.05) is 0 Å². The third kappa shape index (κ3) is 5.91. The molecule has 12 nitrogen and oxygen atoms in total. The Kier molecular flexibility index (Phi) is 8.12. The van der Waals surface area contributed by atoms with Gasteiger partial charge in [-0.2, -0.15) is 0 Å². The molecule has 1 saturated heterocycles. The van der Waals surface area contributed by atoms with E-state index in [9.17, 15) is 14.4 Å². The summed E-state index contributed by atoms with van der Waals surface area (Å²) < 4.78 is 25.6. The van der Waals surface area contributed by atoms with Gasteiger partial charge in [-0.1, -0.05) is 66.8 Å². The van der Waals surface area contributed by atoms with Crippen molar-refractivity contribution in [1.29, 1.82) is 0 Å². The van der Waals surface area contributed by atoms with Crippen molar-refractivity contribution in [1.82, 2.24) is 19.5 Å². The van der Waals surface area contributed by atoms with Gasteiger partial charge in [0.25, 0.3) is 0 Å². The molecule has 3 aromatic carbocycles. The number of benzene rings is 3. The van der Waals surface area contributed by atoms with Crippen molar-refractivity contribution in [3.05, 3.63) is 119 Å². The molecule has 0 aliphatic carbocycles. The fourth-order valence-electron chi connectivity index (χ4n) is 4.83. The monoisotopic (exact) mass is 611 g/mol. The molecule has 0 saturated carbocycles. The van der Waals surface area contributed by atoms with Gasteiger partial charge in [0.05, 0.1) is 23.0 Å². The summed E-state index contributed by atoms with van der Waals surface area (Å²) >= 11 is 5.33. The van der Waals surface area contributed by atoms with Gasteiger partial charge in [0.15, 0.2) is 29.0 Å². The summed E-state index contributed by atoms with van der Waals surface area (Å²) in [5, 5.41) is 0. The molecule has 222 valence electrons. The minimum atomic E-state index is -1.23. The van der Waals surface area contributed by atoms with Crippen LogP contribution in [0, 0.1) is 4.64 Å². The van der Waals surface area contributed by atoms with E-state index in [0.29, 0.717) is 16.7 Å². The third-order valence-electron chi connectivity index (χ3n) is 6.92. The van der Waals surface area contributed by atoms with Crippen molar-refractivity contribution in [3.63, 3.8) is 0 Å². The fraction of sp³-hybridized carbons (Fsp3) is 0.161. The lowest BCUT2D eigenvalue weighted by Crippen LogP contribution is -2.41. The number of ether oxygens (including phenoxy) is 4. The zero-order chi connectivity index (χ0) is 30.6. The number of carbonyl (C=O) groups is 3. The number of nitrogens with one attached hydrogen (secondary N) is 1. The van der Waals surface area contributed by atoms with Crippen LogP contribution in [0.4, 0.5) is 5.95 Å². The Balaban J connectivity index is 1.39. The Morgan fingerprint density at radius 2 is 1.34 bits per heavy atom. The van der Waals surface area contributed by atoms with Crippen LogP contribution in [-0.2, 0) is 18.9 Å². The van der Waals surface area contributed by atoms with E-state index in [1.54, 1.807) is 91.0 Å². The predicted octanol–water partition coefficient (Wildman–Crippen LogP) is 4.28. The Hall–Kier alpha value is -5.40. The average molecular weight is 612 g/mol. The lowest BCUT2D eigenvalue weighted by Gasteiger charge is -2.25. The van der Waals surface area contributed by atoms with Gasteiger partial charge < -0.3 is 29.7 Å². The number of carbonyl (C=O) groups excluding carboxylic acids is 3. The topological polar surface area (TPSA) is 161 Å². The average Bonchev–Trinajstić information content (AvgIpc) is 3.62. The highest BCUT2D eigenvalue weighted by Gasteiger charge is 2.51. The van der Waals surface area contributed by atoms with E-state index in [1.165, 1.54) is 10.9 Å². The molecule has 1 aliphatic heterocycles. The van der Waals surface area contributed by atoms with E-state index in [1.807, 2.05) is 0 Å². The van der Waals surface area contributed by atoms with Gasteiger partial charge in [-0.05, 0) is 36.4 Å². The van der Waals surface area contributed by atoms with Gasteiger partial charge in [0.1, 0.15) is 23.9 Å². The van der Waals surface area contributed by atoms with Crippen LogP contribution in [0.15, 0.2) is 97.3 Å². The van der Waals surface area contributed by atoms with Crippen molar-refractivity contribution in [2.24, 2.45) is 0 Å². The molecule has 1 fully saturated rings. The summed E-state index contributed by atoms with van der Waals surface area (Å²) in [6.07, 6.45) is -3.21. The normalized spacial score (nSPS) is 19.4. The number of esters is 3. The van der Waals surface area contributed by atoms with Gasteiger partial charge in [-0.3, -0.25) is 4.57 Å². The molecule has 3 heterocycles. The molecule has 0 radical (unpaired) electrons. The molecule has 0 amide bonds. The van der Waals surface area contributed by atoms with E-state index in [-0.39, 0.29) is 28.3 Å². The highest BCUT2D eigenvalue weighted by atomic mass is 32.1. The highest BCUT2D eigenvalue weighted by molar-refractivity contribution is 7.71. The number of aromatic amines is 1. The van der Waals surface area contributed by atoms with Gasteiger partial charge in [-0.15, -0.1) is 0 Å². The van der Waals surface area contributed by atoms with Crippen LogP contribution in [0.5, 0.6) is 0 Å². The van der Waals surface area contributed by atoms with E-state index >= 15 is 0 Å². The molecule has 6 rings (SSSR count). The van der Waals surface area contributed by atoms with Gasteiger partial charge in [0.2, 0.25) is 0 Å². The first-order valence-electron chi connectivity index (χ1n) is 13.5. The SMILES string of the molecule is Nc1nc(=S)c2ncn([C@@H]3O[C@H](COC(=O)c4ccccc4)[C@@H](OC(=O)c4ccccc4)[C@@H]3OC(=O)c3ccccc3)c2[nH]1. The number of nitrogens with two attached hydrogens (primary N) is 1. The summed E-state index contributed by atoms with van der Waals surface area (Å²) in [6.45, 7) is -0.331. The molecule has 4 atom stereocenters. The molecule has 44 heavy (non-hydrogen) atoms. The largest absolute Gasteiger partial charge is 0.459 e. The van der Waals surface area contributed by atoms with E-state index < -0.39 is 42.4 Å². The third-order valence-corrected chi connectivity index (χ3v) is 7.20. The highest BCUT2D eigenvalue weighted by Crippen LogP contribution is 2.37. The Bertz CT molecular complexity index is 1860. The first-order chi connectivity index (χ1) is 21.4. The van der Waals surface area contributed by atoms with Crippen molar-refractivity contribution in [3.8, 4) is 0 Å². The number of imidazole rings is 1. The first-order valence-corrected chi connectivity index (χ1v) is 13.9. The number of H-pyrrole nitrogens is 1. The maximum atomic E-state index is 13.4. The second kappa shape index (κ2) is 12.5. The Morgan fingerprint density at radius 1 is 0.818 bits per heavy atom. The smallest absolute Gasteiger partial charge is 0.338 e. The summed E-state index contributed by atoms with van der Waals surface area (Å²) in [5.41, 5.74) is 7.45. The van der Waals surface area contributed by atoms with E-state index in [2.05, 4.69) is 15.0 Å². The first kappa shape index (κ1) is 28.7. The lowest BCUT2D eigenvalue weighted by atomic mass is 10.1. The van der Waals surface area contributed by atoms with Crippen LogP contribution in [0.2, 0.25) is 0 Å².